The van der Waals surface area contributed by atoms with E-state index in [4.69, 9.17) is 4.74 Å². The summed E-state index contributed by atoms with van der Waals surface area (Å²) in [6, 6.07) is 4.79. The van der Waals surface area contributed by atoms with E-state index in [0.717, 1.165) is 50.9 Å². The topological polar surface area (TPSA) is 96.5 Å². The first-order chi connectivity index (χ1) is 16.2. The monoisotopic (exact) mass is 515 g/mol. The molecule has 2 aromatic rings. The highest BCUT2D eigenvalue weighted by Crippen LogP contribution is 2.36. The molecule has 0 amide bonds. The van der Waals surface area contributed by atoms with Crippen LogP contribution in [0.5, 0.6) is 0 Å². The second kappa shape index (κ2) is 10.3. The lowest BCUT2D eigenvalue weighted by molar-refractivity contribution is -0.137. The van der Waals surface area contributed by atoms with Gasteiger partial charge in [-0.1, -0.05) is 6.07 Å². The molecule has 0 bridgehead atoms. The molecule has 0 unspecified atom stereocenters. The molecule has 1 atom stereocenters. The number of halogens is 3. The fourth-order valence-electron chi connectivity index (χ4n) is 4.16. The molecule has 1 saturated heterocycles. The lowest BCUT2D eigenvalue weighted by atomic mass is 10.0. The summed E-state index contributed by atoms with van der Waals surface area (Å²) < 4.78 is 70.9. The molecule has 1 aromatic carbocycles. The van der Waals surface area contributed by atoms with Crippen molar-refractivity contribution in [3.63, 3.8) is 0 Å². The van der Waals surface area contributed by atoms with E-state index in [-0.39, 0.29) is 22.9 Å². The molecular formula is C23H32F3N5O3S. The summed E-state index contributed by atoms with van der Waals surface area (Å²) >= 11 is 0. The van der Waals surface area contributed by atoms with Gasteiger partial charge in [0, 0.05) is 31.8 Å². The van der Waals surface area contributed by atoms with E-state index in [1.54, 1.807) is 20.1 Å². The number of sulfonamides is 1. The Hall–Kier alpha value is -2.44. The van der Waals surface area contributed by atoms with Gasteiger partial charge in [-0.25, -0.2) is 8.42 Å². The van der Waals surface area contributed by atoms with Gasteiger partial charge in [0.2, 0.25) is 10.0 Å². The van der Waals surface area contributed by atoms with E-state index in [9.17, 15) is 21.6 Å². The van der Waals surface area contributed by atoms with Crippen molar-refractivity contribution in [2.24, 2.45) is 0 Å². The highest BCUT2D eigenvalue weighted by molar-refractivity contribution is 7.92. The number of rotatable bonds is 8. The molecule has 0 saturated carbocycles. The van der Waals surface area contributed by atoms with Crippen LogP contribution in [0.25, 0.3) is 11.3 Å². The summed E-state index contributed by atoms with van der Waals surface area (Å²) in [5.41, 5.74) is -0.265. The zero-order valence-corrected chi connectivity index (χ0v) is 21.3. The van der Waals surface area contributed by atoms with E-state index in [0.29, 0.717) is 17.1 Å². The standard InChI is InChI=1S/C23H32F3N5O3S/c1-15-11-20(27-17-7-6-10-31(13-17)14-22(2,3)34-4)28-29-21(15)18-9-8-16(23(24,25)26)12-19(18)30-35(5,32)33/h8-9,11-12,17,30H,6-7,10,13-14H2,1-5H3,(H,27,28)/t17-/m1/s1. The second-order valence-corrected chi connectivity index (χ2v) is 11.3. The number of nitrogens with zero attached hydrogens (tertiary/aromatic N) is 3. The lowest BCUT2D eigenvalue weighted by Crippen LogP contribution is -2.48. The van der Waals surface area contributed by atoms with Crippen molar-refractivity contribution < 1.29 is 26.3 Å². The van der Waals surface area contributed by atoms with Gasteiger partial charge in [0.05, 0.1) is 28.8 Å². The number of hydrogen-bond acceptors (Lipinski definition) is 7. The Kier molecular flexibility index (Phi) is 7.97. The Morgan fingerprint density at radius 2 is 1.91 bits per heavy atom. The first-order valence-corrected chi connectivity index (χ1v) is 13.1. The van der Waals surface area contributed by atoms with E-state index in [2.05, 4.69) is 25.1 Å². The average Bonchev–Trinajstić information content (AvgIpc) is 2.72. The second-order valence-electron chi connectivity index (χ2n) is 9.58. The molecule has 8 nitrogen and oxygen atoms in total. The zero-order chi connectivity index (χ0) is 26.0. The predicted octanol–water partition coefficient (Wildman–Crippen LogP) is 4.14. The number of aromatic nitrogens is 2. The molecule has 1 aliphatic heterocycles. The third kappa shape index (κ3) is 7.52. The summed E-state index contributed by atoms with van der Waals surface area (Å²) in [6.07, 6.45) is -1.75. The number of likely N-dealkylation sites (tertiary alicyclic amines) is 1. The van der Waals surface area contributed by atoms with Gasteiger partial charge in [-0.05, 0) is 63.9 Å². The maximum Gasteiger partial charge on any atom is 0.416 e. The molecule has 1 fully saturated rings. The van der Waals surface area contributed by atoms with Crippen LogP contribution < -0.4 is 10.0 Å². The third-order valence-corrected chi connectivity index (χ3v) is 6.49. The number of hydrogen-bond donors (Lipinski definition) is 2. The molecule has 35 heavy (non-hydrogen) atoms. The van der Waals surface area contributed by atoms with Crippen molar-refractivity contribution in [3.8, 4) is 11.3 Å². The fourth-order valence-corrected chi connectivity index (χ4v) is 4.73. The summed E-state index contributed by atoms with van der Waals surface area (Å²) in [4.78, 5) is 2.34. The molecule has 1 aromatic heterocycles. The van der Waals surface area contributed by atoms with E-state index < -0.39 is 21.8 Å². The fraction of sp³-hybridized carbons (Fsp3) is 0.565. The minimum Gasteiger partial charge on any atom is -0.377 e. The van der Waals surface area contributed by atoms with Gasteiger partial charge >= 0.3 is 6.18 Å². The van der Waals surface area contributed by atoms with Crippen LogP contribution in [-0.2, 0) is 20.9 Å². The predicted molar refractivity (Wildman–Crippen MR) is 130 cm³/mol. The van der Waals surface area contributed by atoms with Crippen LogP contribution in [-0.4, -0.2) is 68.2 Å². The van der Waals surface area contributed by atoms with Gasteiger partial charge in [-0.2, -0.15) is 13.2 Å². The first-order valence-electron chi connectivity index (χ1n) is 11.2. The minimum absolute atomic E-state index is 0.157. The van der Waals surface area contributed by atoms with Gasteiger partial charge < -0.3 is 10.1 Å². The average molecular weight is 516 g/mol. The molecule has 0 spiro atoms. The minimum atomic E-state index is -4.62. The Labute approximate surface area is 204 Å². The largest absolute Gasteiger partial charge is 0.416 e. The van der Waals surface area contributed by atoms with Gasteiger partial charge in [-0.15, -0.1) is 10.2 Å². The van der Waals surface area contributed by atoms with Crippen LogP contribution in [0, 0.1) is 6.92 Å². The Morgan fingerprint density at radius 3 is 2.51 bits per heavy atom. The normalized spacial score (nSPS) is 17.9. The van der Waals surface area contributed by atoms with E-state index in [1.165, 1.54) is 6.07 Å². The highest BCUT2D eigenvalue weighted by atomic mass is 32.2. The molecule has 194 valence electrons. The van der Waals surface area contributed by atoms with Crippen molar-refractivity contribution >= 4 is 21.5 Å². The third-order valence-electron chi connectivity index (χ3n) is 5.90. The summed E-state index contributed by atoms with van der Waals surface area (Å²) in [5.74, 6) is 0.550. The van der Waals surface area contributed by atoms with Gasteiger partial charge in [0.15, 0.2) is 0 Å². The zero-order valence-electron chi connectivity index (χ0n) is 20.5. The number of anilines is 2. The summed E-state index contributed by atoms with van der Waals surface area (Å²) in [5, 5.41) is 11.9. The number of ether oxygens (including phenoxy) is 1. The van der Waals surface area contributed by atoms with Crippen molar-refractivity contribution in [1.82, 2.24) is 15.1 Å². The number of methoxy groups -OCH3 is 1. The van der Waals surface area contributed by atoms with Crippen LogP contribution in [0.1, 0.15) is 37.8 Å². The molecule has 2 heterocycles. The van der Waals surface area contributed by atoms with Crippen LogP contribution in [0.15, 0.2) is 24.3 Å². The molecule has 0 radical (unpaired) electrons. The molecular weight excluding hydrogens is 483 g/mol. The van der Waals surface area contributed by atoms with Crippen molar-refractivity contribution in [2.45, 2.75) is 51.4 Å². The molecule has 2 N–H and O–H groups in total. The van der Waals surface area contributed by atoms with Gasteiger partial charge in [0.1, 0.15) is 5.82 Å². The van der Waals surface area contributed by atoms with Gasteiger partial charge in [0.25, 0.3) is 0 Å². The van der Waals surface area contributed by atoms with Crippen molar-refractivity contribution in [1.29, 1.82) is 0 Å². The van der Waals surface area contributed by atoms with Crippen LogP contribution in [0.2, 0.25) is 0 Å². The van der Waals surface area contributed by atoms with Gasteiger partial charge in [-0.3, -0.25) is 9.62 Å². The van der Waals surface area contributed by atoms with Crippen molar-refractivity contribution in [3.05, 3.63) is 35.4 Å². The number of benzene rings is 1. The quantitative estimate of drug-likeness (QED) is 0.545. The van der Waals surface area contributed by atoms with Crippen LogP contribution >= 0.6 is 0 Å². The Balaban J connectivity index is 1.83. The summed E-state index contributed by atoms with van der Waals surface area (Å²) in [7, 11) is -2.12. The first kappa shape index (κ1) is 27.2. The van der Waals surface area contributed by atoms with Crippen molar-refractivity contribution in [2.75, 3.05) is 43.0 Å². The maximum absolute atomic E-state index is 13.2. The molecule has 3 rings (SSSR count). The Bertz CT molecular complexity index is 1160. The van der Waals surface area contributed by atoms with Crippen LogP contribution in [0.3, 0.4) is 0 Å². The maximum atomic E-state index is 13.2. The number of aryl methyl sites for hydroxylation is 1. The number of alkyl halides is 3. The van der Waals surface area contributed by atoms with E-state index >= 15 is 0 Å². The number of piperidine rings is 1. The smallest absolute Gasteiger partial charge is 0.377 e. The summed E-state index contributed by atoms with van der Waals surface area (Å²) in [6.45, 7) is 8.45. The molecule has 1 aliphatic rings. The number of nitrogens with one attached hydrogen (secondary N) is 2. The molecule has 12 heteroatoms. The highest BCUT2D eigenvalue weighted by Gasteiger charge is 2.32. The SMILES string of the molecule is COC(C)(C)CN1CCC[C@@H](Nc2cc(C)c(-c3ccc(C(F)(F)F)cc3NS(C)(=O)=O)nn2)C1. The lowest BCUT2D eigenvalue weighted by Gasteiger charge is -2.37. The molecule has 0 aliphatic carbocycles. The van der Waals surface area contributed by atoms with E-state index in [1.807, 2.05) is 13.8 Å². The van der Waals surface area contributed by atoms with Crippen LogP contribution in [0.4, 0.5) is 24.7 Å². The Morgan fingerprint density at radius 1 is 1.20 bits per heavy atom.